The summed E-state index contributed by atoms with van der Waals surface area (Å²) >= 11 is 5.78. The van der Waals surface area contributed by atoms with Crippen LogP contribution in [0.5, 0.6) is 0 Å². The van der Waals surface area contributed by atoms with E-state index in [0.29, 0.717) is 21.9 Å². The van der Waals surface area contributed by atoms with Crippen LogP contribution in [-0.4, -0.2) is 37.9 Å². The van der Waals surface area contributed by atoms with E-state index in [1.807, 2.05) is 43.1 Å². The Kier molecular flexibility index (Phi) is 7.62. The molecule has 3 aromatic heterocycles. The first-order valence-corrected chi connectivity index (χ1v) is 11.5. The lowest BCUT2D eigenvalue weighted by Gasteiger charge is -2.08. The number of hydrogen-bond donors (Lipinski definition) is 0. The number of aryl methyl sites for hydroxylation is 2. The predicted molar refractivity (Wildman–Crippen MR) is 128 cm³/mol. The van der Waals surface area contributed by atoms with Crippen LogP contribution < -0.4 is 0 Å². The Hall–Kier alpha value is -2.90. The minimum Gasteiger partial charge on any atom is -0.381 e. The molecule has 0 atom stereocenters. The molecule has 2 fully saturated rings. The summed E-state index contributed by atoms with van der Waals surface area (Å²) in [7, 11) is 0. The van der Waals surface area contributed by atoms with E-state index in [4.69, 9.17) is 16.3 Å². The highest BCUT2D eigenvalue weighted by molar-refractivity contribution is 6.30. The van der Waals surface area contributed by atoms with E-state index in [1.54, 1.807) is 12.1 Å². The summed E-state index contributed by atoms with van der Waals surface area (Å²) in [6.45, 7) is 5.87. The van der Waals surface area contributed by atoms with E-state index in [9.17, 15) is 4.39 Å². The maximum absolute atomic E-state index is 14.1. The van der Waals surface area contributed by atoms with Gasteiger partial charge in [0.1, 0.15) is 12.1 Å². The maximum atomic E-state index is 14.1. The molecule has 0 unspecified atom stereocenters. The van der Waals surface area contributed by atoms with Gasteiger partial charge in [0.25, 0.3) is 0 Å². The zero-order chi connectivity index (χ0) is 23.2. The average Bonchev–Trinajstić information content (AvgIpc) is 3.25. The molecule has 6 nitrogen and oxygen atoms in total. The third kappa shape index (κ3) is 6.12. The average molecular weight is 468 g/mol. The lowest BCUT2D eigenvalue weighted by Crippen LogP contribution is -1.96. The molecule has 0 N–H and O–H groups in total. The number of aromatic nitrogens is 5. The van der Waals surface area contributed by atoms with Gasteiger partial charge in [-0.2, -0.15) is 5.10 Å². The molecule has 0 amide bonds. The summed E-state index contributed by atoms with van der Waals surface area (Å²) in [6.07, 6.45) is 10.5. The van der Waals surface area contributed by atoms with E-state index in [2.05, 4.69) is 20.1 Å². The lowest BCUT2D eigenvalue weighted by molar-refractivity contribution is 0.198. The minimum absolute atomic E-state index is 0.356. The molecule has 33 heavy (non-hydrogen) atoms. The fourth-order valence-corrected chi connectivity index (χ4v) is 3.58. The van der Waals surface area contributed by atoms with Gasteiger partial charge in [-0.1, -0.05) is 11.6 Å². The van der Waals surface area contributed by atoms with Crippen molar-refractivity contribution in [3.8, 4) is 11.3 Å². The first kappa shape index (κ1) is 23.3. The van der Waals surface area contributed by atoms with E-state index in [-0.39, 0.29) is 0 Å². The predicted octanol–water partition coefficient (Wildman–Crippen LogP) is 6.12. The third-order valence-corrected chi connectivity index (χ3v) is 5.76. The standard InChI is InChI=1S/C15H11ClFN3.C6H8N2.C4H8O/c1-8-5-12-14(11-4-3-10(16)6-13(11)17)18-7-19-15(12)20-9(8)2;1-4-7-8(5-1)6-2-3-6;1-2-4-5-3-1/h3-7H,1-2H3;1,4-6H,2-3H2;1-4H2. The number of halogens is 2. The highest BCUT2D eigenvalue weighted by atomic mass is 35.5. The van der Waals surface area contributed by atoms with E-state index >= 15 is 0 Å². The van der Waals surface area contributed by atoms with Gasteiger partial charge in [-0.3, -0.25) is 4.68 Å². The van der Waals surface area contributed by atoms with Crippen molar-refractivity contribution in [1.29, 1.82) is 0 Å². The van der Waals surface area contributed by atoms with Crippen LogP contribution in [0.25, 0.3) is 22.3 Å². The number of pyridine rings is 1. The lowest BCUT2D eigenvalue weighted by atomic mass is 10.1. The molecule has 6 rings (SSSR count). The smallest absolute Gasteiger partial charge is 0.163 e. The minimum atomic E-state index is -0.407. The molecule has 0 bridgehead atoms. The number of hydrogen-bond acceptors (Lipinski definition) is 5. The monoisotopic (exact) mass is 467 g/mol. The Morgan fingerprint density at radius 1 is 1.09 bits per heavy atom. The normalized spacial score (nSPS) is 14.9. The molecule has 1 aliphatic carbocycles. The molecule has 172 valence electrons. The zero-order valence-corrected chi connectivity index (χ0v) is 19.6. The number of benzene rings is 1. The second kappa shape index (κ2) is 10.8. The van der Waals surface area contributed by atoms with Crippen molar-refractivity contribution in [3.05, 3.63) is 71.2 Å². The first-order valence-electron chi connectivity index (χ1n) is 11.1. The first-order chi connectivity index (χ1) is 16.0. The van der Waals surface area contributed by atoms with Crippen LogP contribution in [0.4, 0.5) is 4.39 Å². The van der Waals surface area contributed by atoms with Gasteiger partial charge < -0.3 is 4.74 Å². The van der Waals surface area contributed by atoms with Gasteiger partial charge in [-0.05, 0) is 75.4 Å². The van der Waals surface area contributed by atoms with Gasteiger partial charge >= 0.3 is 0 Å². The number of fused-ring (bicyclic) bond motifs is 1. The van der Waals surface area contributed by atoms with Gasteiger partial charge in [0.05, 0.1) is 11.7 Å². The molecular weight excluding hydrogens is 441 g/mol. The summed E-state index contributed by atoms with van der Waals surface area (Å²) in [5.74, 6) is -0.407. The fourth-order valence-electron chi connectivity index (χ4n) is 3.42. The Balaban J connectivity index is 0.000000161. The Morgan fingerprint density at radius 3 is 2.48 bits per heavy atom. The van der Waals surface area contributed by atoms with Crippen molar-refractivity contribution in [2.24, 2.45) is 0 Å². The maximum Gasteiger partial charge on any atom is 0.163 e. The SMILES string of the molecule is C1CCOC1.Cc1cc2c(-c3ccc(Cl)cc3F)ncnc2nc1C.c1cnn(C2CC2)c1. The van der Waals surface area contributed by atoms with Crippen LogP contribution in [0, 0.1) is 19.7 Å². The second-order valence-electron chi connectivity index (χ2n) is 8.15. The summed E-state index contributed by atoms with van der Waals surface area (Å²) in [4.78, 5) is 12.8. The topological polar surface area (TPSA) is 65.7 Å². The molecule has 1 aromatic carbocycles. The zero-order valence-electron chi connectivity index (χ0n) is 18.8. The van der Waals surface area contributed by atoms with Crippen molar-refractivity contribution in [3.63, 3.8) is 0 Å². The molecular formula is C25H27ClFN5O. The van der Waals surface area contributed by atoms with E-state index in [0.717, 1.165) is 35.9 Å². The van der Waals surface area contributed by atoms with Crippen molar-refractivity contribution in [1.82, 2.24) is 24.7 Å². The molecule has 0 spiro atoms. The molecule has 4 aromatic rings. The Bertz CT molecular complexity index is 1200. The van der Waals surface area contributed by atoms with Crippen molar-refractivity contribution < 1.29 is 9.13 Å². The number of nitrogens with zero attached hydrogens (tertiary/aromatic N) is 5. The van der Waals surface area contributed by atoms with Gasteiger partial charge in [0.15, 0.2) is 5.65 Å². The van der Waals surface area contributed by atoms with Crippen LogP contribution in [0.3, 0.4) is 0 Å². The van der Waals surface area contributed by atoms with E-state index in [1.165, 1.54) is 38.1 Å². The van der Waals surface area contributed by atoms with Gasteiger partial charge in [0, 0.05) is 47.3 Å². The van der Waals surface area contributed by atoms with Crippen LogP contribution >= 0.6 is 11.6 Å². The molecule has 4 heterocycles. The van der Waals surface area contributed by atoms with Crippen LogP contribution in [0.15, 0.2) is 49.1 Å². The molecule has 1 saturated heterocycles. The van der Waals surface area contributed by atoms with Crippen LogP contribution in [0.2, 0.25) is 5.02 Å². The van der Waals surface area contributed by atoms with Gasteiger partial charge in [-0.25, -0.2) is 19.3 Å². The summed E-state index contributed by atoms with van der Waals surface area (Å²) in [5.41, 5.74) is 3.40. The highest BCUT2D eigenvalue weighted by Crippen LogP contribution is 2.33. The number of rotatable bonds is 2. The summed E-state index contributed by atoms with van der Waals surface area (Å²) in [5, 5.41) is 5.18. The molecule has 1 saturated carbocycles. The van der Waals surface area contributed by atoms with Gasteiger partial charge in [-0.15, -0.1) is 0 Å². The van der Waals surface area contributed by atoms with Crippen LogP contribution in [-0.2, 0) is 4.74 Å². The molecule has 8 heteroatoms. The van der Waals surface area contributed by atoms with E-state index < -0.39 is 5.82 Å². The summed E-state index contributed by atoms with van der Waals surface area (Å²) in [6, 6.07) is 9.18. The van der Waals surface area contributed by atoms with Gasteiger partial charge in [0.2, 0.25) is 0 Å². The van der Waals surface area contributed by atoms with Crippen LogP contribution in [0.1, 0.15) is 43.0 Å². The summed E-state index contributed by atoms with van der Waals surface area (Å²) < 4.78 is 21.1. The van der Waals surface area contributed by atoms with Crippen molar-refractivity contribution in [2.45, 2.75) is 45.6 Å². The highest BCUT2D eigenvalue weighted by Gasteiger charge is 2.22. The van der Waals surface area contributed by atoms with Crippen molar-refractivity contribution >= 4 is 22.6 Å². The van der Waals surface area contributed by atoms with Crippen molar-refractivity contribution in [2.75, 3.05) is 13.2 Å². The third-order valence-electron chi connectivity index (χ3n) is 5.53. The molecule has 0 radical (unpaired) electrons. The number of ether oxygens (including phenoxy) is 1. The quantitative estimate of drug-likeness (QED) is 0.355. The molecule has 1 aliphatic heterocycles. The largest absolute Gasteiger partial charge is 0.381 e. The second-order valence-corrected chi connectivity index (χ2v) is 8.58. The fraction of sp³-hybridized carbons (Fsp3) is 0.360. The Labute approximate surface area is 197 Å². The Morgan fingerprint density at radius 2 is 1.88 bits per heavy atom. The molecule has 2 aliphatic rings.